The Labute approximate surface area is 140 Å². The van der Waals surface area contributed by atoms with E-state index in [0.29, 0.717) is 11.7 Å². The van der Waals surface area contributed by atoms with Crippen LogP contribution in [0.15, 0.2) is 41.2 Å². The third-order valence-electron chi connectivity index (χ3n) is 5.03. The molecule has 0 spiro atoms. The van der Waals surface area contributed by atoms with Gasteiger partial charge >= 0.3 is 0 Å². The van der Waals surface area contributed by atoms with Gasteiger partial charge in [0.2, 0.25) is 0 Å². The average Bonchev–Trinajstić information content (AvgIpc) is 3.42. The molecule has 1 unspecified atom stereocenters. The number of carbonyl (C=O) groups is 1. The second-order valence-electron chi connectivity index (χ2n) is 6.73. The minimum absolute atomic E-state index is 0.0604. The van der Waals surface area contributed by atoms with E-state index in [-0.39, 0.29) is 17.5 Å². The highest BCUT2D eigenvalue weighted by Gasteiger charge is 2.40. The smallest absolute Gasteiger partial charge is 0.275 e. The van der Waals surface area contributed by atoms with Crippen molar-refractivity contribution >= 4 is 5.91 Å². The second kappa shape index (κ2) is 5.89. The highest BCUT2D eigenvalue weighted by Crippen LogP contribution is 2.41. The Morgan fingerprint density at radius 3 is 2.71 bits per heavy atom. The molecule has 1 amide bonds. The van der Waals surface area contributed by atoms with Gasteiger partial charge in [0, 0.05) is 19.2 Å². The Morgan fingerprint density at radius 1 is 1.17 bits per heavy atom. The summed E-state index contributed by atoms with van der Waals surface area (Å²) in [5, 5.41) is 4.17. The van der Waals surface area contributed by atoms with E-state index in [9.17, 15) is 9.59 Å². The van der Waals surface area contributed by atoms with Gasteiger partial charge in [0.25, 0.3) is 11.5 Å². The summed E-state index contributed by atoms with van der Waals surface area (Å²) in [5.41, 5.74) is 2.77. The van der Waals surface area contributed by atoms with Gasteiger partial charge in [-0.3, -0.25) is 9.59 Å². The number of amides is 1. The van der Waals surface area contributed by atoms with E-state index in [2.05, 4.69) is 29.4 Å². The molecule has 2 aromatic rings. The molecule has 5 nitrogen and oxygen atoms in total. The number of hydrogen-bond acceptors (Lipinski definition) is 3. The molecule has 1 fully saturated rings. The lowest BCUT2D eigenvalue weighted by molar-refractivity contribution is 0.0629. The minimum atomic E-state index is -0.201. The predicted molar refractivity (Wildman–Crippen MR) is 90.8 cm³/mol. The van der Waals surface area contributed by atoms with Gasteiger partial charge in [0.1, 0.15) is 5.69 Å². The van der Waals surface area contributed by atoms with Gasteiger partial charge < -0.3 is 4.90 Å². The second-order valence-corrected chi connectivity index (χ2v) is 6.73. The van der Waals surface area contributed by atoms with Crippen LogP contribution >= 0.6 is 0 Å². The molecule has 1 heterocycles. The van der Waals surface area contributed by atoms with Crippen LogP contribution in [-0.2, 0) is 13.5 Å². The molecule has 0 aliphatic heterocycles. The number of benzene rings is 1. The van der Waals surface area contributed by atoms with Gasteiger partial charge in [-0.2, -0.15) is 5.10 Å². The molecule has 0 saturated heterocycles. The van der Waals surface area contributed by atoms with E-state index in [1.165, 1.54) is 21.9 Å². The molecule has 1 saturated carbocycles. The van der Waals surface area contributed by atoms with E-state index in [0.717, 1.165) is 32.1 Å². The van der Waals surface area contributed by atoms with Crippen LogP contribution in [0.25, 0.3) is 0 Å². The molecule has 124 valence electrons. The summed E-state index contributed by atoms with van der Waals surface area (Å²) in [5.74, 6) is -0.0604. The van der Waals surface area contributed by atoms with Crippen molar-refractivity contribution in [2.45, 2.75) is 44.2 Å². The number of aromatic nitrogens is 2. The lowest BCUT2D eigenvalue weighted by Gasteiger charge is -2.36. The third-order valence-corrected chi connectivity index (χ3v) is 5.03. The highest BCUT2D eigenvalue weighted by molar-refractivity contribution is 5.93. The summed E-state index contributed by atoms with van der Waals surface area (Å²) >= 11 is 0. The van der Waals surface area contributed by atoms with E-state index >= 15 is 0 Å². The summed E-state index contributed by atoms with van der Waals surface area (Å²) < 4.78 is 1.23. The molecule has 0 radical (unpaired) electrons. The maximum atomic E-state index is 13.1. The van der Waals surface area contributed by atoms with Crippen molar-refractivity contribution in [3.63, 3.8) is 0 Å². The van der Waals surface area contributed by atoms with Gasteiger partial charge in [-0.25, -0.2) is 4.68 Å². The Bertz CT molecular complexity index is 839. The Kier molecular flexibility index (Phi) is 3.71. The summed E-state index contributed by atoms with van der Waals surface area (Å²) in [6.45, 7) is 0. The van der Waals surface area contributed by atoms with Crippen molar-refractivity contribution in [3.8, 4) is 0 Å². The topological polar surface area (TPSA) is 55.2 Å². The molecule has 1 atom stereocenters. The quantitative estimate of drug-likeness (QED) is 0.872. The standard InChI is InChI=1S/C19H21N3O2/c1-21-18(23)12-11-16(20-21)19(24)22(14-9-10-14)17-8-4-6-13-5-2-3-7-15(13)17/h2-3,5,7,11-12,14,17H,4,6,8-10H2,1H3. The molecule has 2 aliphatic carbocycles. The van der Waals surface area contributed by atoms with E-state index < -0.39 is 0 Å². The van der Waals surface area contributed by atoms with Crippen LogP contribution in [-0.4, -0.2) is 26.6 Å². The Balaban J connectivity index is 1.72. The summed E-state index contributed by atoms with van der Waals surface area (Å²) in [6, 6.07) is 11.8. The lowest BCUT2D eigenvalue weighted by atomic mass is 9.86. The fraction of sp³-hybridized carbons (Fsp3) is 0.421. The van der Waals surface area contributed by atoms with Gasteiger partial charge in [-0.15, -0.1) is 0 Å². The molecule has 0 bridgehead atoms. The number of rotatable bonds is 3. The maximum Gasteiger partial charge on any atom is 0.275 e. The number of hydrogen-bond donors (Lipinski definition) is 0. The molecular weight excluding hydrogens is 302 g/mol. The molecule has 1 aromatic carbocycles. The molecule has 1 aromatic heterocycles. The molecule has 2 aliphatic rings. The van der Waals surface area contributed by atoms with Gasteiger partial charge in [0.05, 0.1) is 6.04 Å². The first kappa shape index (κ1) is 15.1. The summed E-state index contributed by atoms with van der Waals surface area (Å²) in [7, 11) is 1.58. The van der Waals surface area contributed by atoms with Crippen LogP contribution in [0, 0.1) is 0 Å². The first-order valence-corrected chi connectivity index (χ1v) is 8.60. The van der Waals surface area contributed by atoms with Crippen LogP contribution < -0.4 is 5.56 Å². The van der Waals surface area contributed by atoms with Crippen LogP contribution in [0.3, 0.4) is 0 Å². The van der Waals surface area contributed by atoms with Crippen molar-refractivity contribution in [2.24, 2.45) is 7.05 Å². The predicted octanol–water partition coefficient (Wildman–Crippen LogP) is 2.46. The zero-order chi connectivity index (χ0) is 16.7. The van der Waals surface area contributed by atoms with Crippen molar-refractivity contribution in [2.75, 3.05) is 0 Å². The van der Waals surface area contributed by atoms with E-state index in [1.807, 2.05) is 4.90 Å². The first-order valence-electron chi connectivity index (χ1n) is 8.60. The van der Waals surface area contributed by atoms with Crippen molar-refractivity contribution < 1.29 is 4.79 Å². The number of aryl methyl sites for hydroxylation is 2. The number of carbonyl (C=O) groups excluding carboxylic acids is 1. The Morgan fingerprint density at radius 2 is 1.96 bits per heavy atom. The molecule has 5 heteroatoms. The zero-order valence-corrected chi connectivity index (χ0v) is 13.8. The molecule has 24 heavy (non-hydrogen) atoms. The monoisotopic (exact) mass is 323 g/mol. The van der Waals surface area contributed by atoms with Gasteiger partial charge in [0.15, 0.2) is 0 Å². The minimum Gasteiger partial charge on any atom is -0.327 e. The molecule has 0 N–H and O–H groups in total. The Hall–Kier alpha value is -2.43. The zero-order valence-electron chi connectivity index (χ0n) is 13.8. The molecule has 4 rings (SSSR count). The van der Waals surface area contributed by atoms with Crippen LogP contribution in [0.1, 0.15) is 53.3 Å². The molecular formula is C19H21N3O2. The van der Waals surface area contributed by atoms with Gasteiger partial charge in [-0.05, 0) is 49.3 Å². The third kappa shape index (κ3) is 2.64. The van der Waals surface area contributed by atoms with Crippen molar-refractivity contribution in [1.82, 2.24) is 14.7 Å². The SMILES string of the molecule is Cn1nc(C(=O)N(C2CC2)C2CCCc3ccccc32)ccc1=O. The fourth-order valence-electron chi connectivity index (χ4n) is 3.68. The number of fused-ring (bicyclic) bond motifs is 1. The maximum absolute atomic E-state index is 13.1. The van der Waals surface area contributed by atoms with Crippen LogP contribution in [0.5, 0.6) is 0 Å². The van der Waals surface area contributed by atoms with E-state index in [1.54, 1.807) is 13.1 Å². The summed E-state index contributed by atoms with van der Waals surface area (Å²) in [4.78, 5) is 26.7. The average molecular weight is 323 g/mol. The van der Waals surface area contributed by atoms with Gasteiger partial charge in [-0.1, -0.05) is 24.3 Å². The summed E-state index contributed by atoms with van der Waals surface area (Å²) in [6.07, 6.45) is 5.27. The van der Waals surface area contributed by atoms with Crippen molar-refractivity contribution in [1.29, 1.82) is 0 Å². The largest absolute Gasteiger partial charge is 0.327 e. The fourth-order valence-corrected chi connectivity index (χ4v) is 3.68. The highest BCUT2D eigenvalue weighted by atomic mass is 16.2. The first-order chi connectivity index (χ1) is 11.6. The van der Waals surface area contributed by atoms with Crippen LogP contribution in [0.4, 0.5) is 0 Å². The van der Waals surface area contributed by atoms with Crippen molar-refractivity contribution in [3.05, 3.63) is 63.6 Å². The number of nitrogens with zero attached hydrogens (tertiary/aromatic N) is 3. The van der Waals surface area contributed by atoms with E-state index in [4.69, 9.17) is 0 Å². The van der Waals surface area contributed by atoms with Crippen LogP contribution in [0.2, 0.25) is 0 Å². The lowest BCUT2D eigenvalue weighted by Crippen LogP contribution is -2.39. The normalized spacial score (nSPS) is 19.6.